The summed E-state index contributed by atoms with van der Waals surface area (Å²) in [6, 6.07) is 9.36. The third-order valence-electron chi connectivity index (χ3n) is 2.45. The van der Waals surface area contributed by atoms with Crippen LogP contribution in [0, 0.1) is 0 Å². The summed E-state index contributed by atoms with van der Waals surface area (Å²) in [5.41, 5.74) is 0.897. The molecular weight excluding hydrogens is 218 g/mol. The summed E-state index contributed by atoms with van der Waals surface area (Å²) in [4.78, 5) is 24.1. The van der Waals surface area contributed by atoms with Gasteiger partial charge in [0.15, 0.2) is 0 Å². The zero-order valence-electron chi connectivity index (χ0n) is 9.33. The quantitative estimate of drug-likeness (QED) is 0.785. The molecule has 0 bridgehead atoms. The van der Waals surface area contributed by atoms with Crippen LogP contribution in [0.2, 0.25) is 0 Å². The van der Waals surface area contributed by atoms with Gasteiger partial charge in [-0.1, -0.05) is 36.4 Å². The van der Waals surface area contributed by atoms with Crippen molar-refractivity contribution in [2.24, 2.45) is 0 Å². The summed E-state index contributed by atoms with van der Waals surface area (Å²) in [7, 11) is 0. The summed E-state index contributed by atoms with van der Waals surface area (Å²) in [5.74, 6) is -0.217. The van der Waals surface area contributed by atoms with E-state index in [1.165, 1.54) is 6.20 Å². The molecule has 0 fully saturated rings. The first-order chi connectivity index (χ1) is 8.27. The lowest BCUT2D eigenvalue weighted by Crippen LogP contribution is -2.34. The van der Waals surface area contributed by atoms with E-state index in [9.17, 15) is 9.59 Å². The molecule has 0 N–H and O–H groups in total. The van der Waals surface area contributed by atoms with Gasteiger partial charge in [-0.25, -0.2) is 9.69 Å². The molecular formula is C13H13NO3. The zero-order valence-corrected chi connectivity index (χ0v) is 9.33. The number of hydrogen-bond acceptors (Lipinski definition) is 3. The van der Waals surface area contributed by atoms with Gasteiger partial charge in [-0.15, -0.1) is 0 Å². The molecule has 0 spiro atoms. The topological polar surface area (TPSA) is 46.6 Å². The fraction of sp³-hybridized carbons (Fsp3) is 0.231. The van der Waals surface area contributed by atoms with E-state index >= 15 is 0 Å². The Morgan fingerprint density at radius 2 is 2.06 bits per heavy atom. The number of carbonyl (C=O) groups excluding carboxylic acids is 2. The molecule has 0 aromatic heterocycles. The molecule has 2 amide bonds. The Morgan fingerprint density at radius 3 is 2.76 bits per heavy atom. The maximum atomic E-state index is 11.6. The van der Waals surface area contributed by atoms with Crippen LogP contribution in [0.1, 0.15) is 18.4 Å². The smallest absolute Gasteiger partial charge is 0.421 e. The van der Waals surface area contributed by atoms with Gasteiger partial charge in [0, 0.05) is 12.6 Å². The number of amides is 2. The first-order valence-corrected chi connectivity index (χ1v) is 5.47. The third kappa shape index (κ3) is 2.93. The lowest BCUT2D eigenvalue weighted by Gasteiger charge is -2.18. The molecule has 1 aliphatic rings. The Labute approximate surface area is 99.5 Å². The molecule has 4 heteroatoms. The van der Waals surface area contributed by atoms with E-state index in [-0.39, 0.29) is 12.5 Å². The van der Waals surface area contributed by atoms with Crippen molar-refractivity contribution in [1.82, 2.24) is 4.90 Å². The molecule has 0 saturated heterocycles. The van der Waals surface area contributed by atoms with E-state index in [1.807, 2.05) is 30.3 Å². The molecule has 17 heavy (non-hydrogen) atoms. The van der Waals surface area contributed by atoms with Crippen molar-refractivity contribution in [3.63, 3.8) is 0 Å². The molecule has 1 aromatic carbocycles. The summed E-state index contributed by atoms with van der Waals surface area (Å²) >= 11 is 0. The highest BCUT2D eigenvalue weighted by Gasteiger charge is 2.22. The normalized spacial score (nSPS) is 14.8. The van der Waals surface area contributed by atoms with Crippen LogP contribution in [0.25, 0.3) is 0 Å². The first kappa shape index (κ1) is 11.4. The molecule has 1 aromatic rings. The summed E-state index contributed by atoms with van der Waals surface area (Å²) in [5, 5.41) is 0. The van der Waals surface area contributed by atoms with Gasteiger partial charge in [0.2, 0.25) is 5.91 Å². The minimum absolute atomic E-state index is 0.178. The number of carbonyl (C=O) groups is 2. The monoisotopic (exact) mass is 231 g/mol. The predicted octanol–water partition coefficient (Wildman–Crippen LogP) is 2.46. The van der Waals surface area contributed by atoms with Crippen molar-refractivity contribution in [2.75, 3.05) is 0 Å². The van der Waals surface area contributed by atoms with E-state index in [1.54, 1.807) is 6.08 Å². The van der Waals surface area contributed by atoms with Gasteiger partial charge in [-0.05, 0) is 12.0 Å². The molecule has 0 radical (unpaired) electrons. The third-order valence-corrected chi connectivity index (χ3v) is 2.45. The van der Waals surface area contributed by atoms with Crippen molar-refractivity contribution in [1.29, 1.82) is 0 Å². The summed E-state index contributed by atoms with van der Waals surface area (Å²) < 4.78 is 5.05. The Bertz CT molecular complexity index is 439. The number of rotatable bonds is 2. The van der Waals surface area contributed by atoms with Gasteiger partial charge in [-0.3, -0.25) is 4.79 Å². The lowest BCUT2D eigenvalue weighted by molar-refractivity contribution is -0.127. The molecule has 0 unspecified atom stereocenters. The maximum absolute atomic E-state index is 11.6. The summed E-state index contributed by atoms with van der Waals surface area (Å²) in [6.07, 6.45) is 3.68. The summed E-state index contributed by atoms with van der Waals surface area (Å²) in [6.45, 7) is 0.178. The van der Waals surface area contributed by atoms with Crippen LogP contribution in [0.15, 0.2) is 42.6 Å². The van der Waals surface area contributed by atoms with Crippen LogP contribution < -0.4 is 0 Å². The van der Waals surface area contributed by atoms with Gasteiger partial charge in [0.05, 0.1) is 0 Å². The van der Waals surface area contributed by atoms with E-state index in [0.717, 1.165) is 10.5 Å². The van der Waals surface area contributed by atoms with Crippen molar-refractivity contribution in [2.45, 2.75) is 19.4 Å². The Kier molecular flexibility index (Phi) is 3.55. The van der Waals surface area contributed by atoms with Crippen molar-refractivity contribution in [3.8, 4) is 0 Å². The lowest BCUT2D eigenvalue weighted by atomic mass is 10.2. The number of nitrogens with zero attached hydrogens (tertiary/aromatic N) is 1. The number of benzene rings is 1. The second-order valence-corrected chi connectivity index (χ2v) is 3.73. The minimum Gasteiger partial charge on any atom is -0.444 e. The van der Waals surface area contributed by atoms with Crippen LogP contribution >= 0.6 is 0 Å². The number of allylic oxidation sites excluding steroid dienone is 1. The molecule has 1 heterocycles. The molecule has 2 rings (SSSR count). The highest BCUT2D eigenvalue weighted by molar-refractivity contribution is 5.93. The van der Waals surface area contributed by atoms with E-state index in [0.29, 0.717) is 12.8 Å². The fourth-order valence-corrected chi connectivity index (χ4v) is 1.54. The maximum Gasteiger partial charge on any atom is 0.421 e. The van der Waals surface area contributed by atoms with Crippen LogP contribution in [0.3, 0.4) is 0 Å². The van der Waals surface area contributed by atoms with Gasteiger partial charge in [0.1, 0.15) is 6.61 Å². The SMILES string of the molecule is O=C1CCC=CN1C(=O)OCc1ccccc1. The number of hydrogen-bond donors (Lipinski definition) is 0. The van der Waals surface area contributed by atoms with Crippen LogP contribution in [-0.4, -0.2) is 16.9 Å². The molecule has 1 aliphatic heterocycles. The van der Waals surface area contributed by atoms with E-state index in [4.69, 9.17) is 4.74 Å². The van der Waals surface area contributed by atoms with Crippen LogP contribution in [0.4, 0.5) is 4.79 Å². The minimum atomic E-state index is -0.616. The average Bonchev–Trinajstić information content (AvgIpc) is 2.38. The van der Waals surface area contributed by atoms with E-state index in [2.05, 4.69) is 0 Å². The zero-order chi connectivity index (χ0) is 12.1. The second kappa shape index (κ2) is 5.30. The highest BCUT2D eigenvalue weighted by atomic mass is 16.6. The predicted molar refractivity (Wildman–Crippen MR) is 61.8 cm³/mol. The molecule has 0 saturated carbocycles. The Morgan fingerprint density at radius 1 is 1.29 bits per heavy atom. The van der Waals surface area contributed by atoms with E-state index < -0.39 is 6.09 Å². The fourth-order valence-electron chi connectivity index (χ4n) is 1.54. The Balaban J connectivity index is 1.91. The van der Waals surface area contributed by atoms with Crippen LogP contribution in [0.5, 0.6) is 0 Å². The Hall–Kier alpha value is -2.10. The molecule has 4 nitrogen and oxygen atoms in total. The van der Waals surface area contributed by atoms with Crippen molar-refractivity contribution < 1.29 is 14.3 Å². The van der Waals surface area contributed by atoms with Gasteiger partial charge in [-0.2, -0.15) is 0 Å². The van der Waals surface area contributed by atoms with Crippen LogP contribution in [-0.2, 0) is 16.1 Å². The molecule has 0 aliphatic carbocycles. The number of ether oxygens (including phenoxy) is 1. The highest BCUT2D eigenvalue weighted by Crippen LogP contribution is 2.10. The largest absolute Gasteiger partial charge is 0.444 e. The molecule has 88 valence electrons. The van der Waals surface area contributed by atoms with Crippen molar-refractivity contribution in [3.05, 3.63) is 48.2 Å². The van der Waals surface area contributed by atoms with Gasteiger partial charge >= 0.3 is 6.09 Å². The first-order valence-electron chi connectivity index (χ1n) is 5.47. The van der Waals surface area contributed by atoms with Crippen molar-refractivity contribution >= 4 is 12.0 Å². The molecule has 0 atom stereocenters. The number of imide groups is 1. The van der Waals surface area contributed by atoms with Gasteiger partial charge in [0.25, 0.3) is 0 Å². The standard InChI is InChI=1S/C13H13NO3/c15-12-8-4-5-9-14(12)13(16)17-10-11-6-2-1-3-7-11/h1-3,5-7,9H,4,8,10H2. The second-order valence-electron chi connectivity index (χ2n) is 3.73. The van der Waals surface area contributed by atoms with Gasteiger partial charge < -0.3 is 4.74 Å². The average molecular weight is 231 g/mol.